The van der Waals surface area contributed by atoms with Crippen LogP contribution in [0.15, 0.2) is 64.4 Å². The minimum Gasteiger partial charge on any atom is -0.494 e. The lowest BCUT2D eigenvalue weighted by Crippen LogP contribution is -2.34. The van der Waals surface area contributed by atoms with Crippen LogP contribution in [0.2, 0.25) is 0 Å². The van der Waals surface area contributed by atoms with Crippen molar-refractivity contribution in [2.24, 2.45) is 4.99 Å². The van der Waals surface area contributed by atoms with E-state index in [4.69, 9.17) is 12.2 Å². The number of aromatic nitrogens is 2. The first-order valence-electron chi connectivity index (χ1n) is 10.5. The van der Waals surface area contributed by atoms with E-state index in [-0.39, 0.29) is 22.3 Å². The molecule has 2 aromatic carbocycles. The van der Waals surface area contributed by atoms with Gasteiger partial charge in [0.05, 0.1) is 11.7 Å². The molecule has 0 radical (unpaired) electrons. The quantitative estimate of drug-likeness (QED) is 0.470. The van der Waals surface area contributed by atoms with Crippen molar-refractivity contribution < 1.29 is 5.11 Å². The van der Waals surface area contributed by atoms with Crippen LogP contribution in [0, 0.1) is 11.7 Å². The molecular weight excluding hydrogens is 408 g/mol. The first kappa shape index (κ1) is 21.2. The summed E-state index contributed by atoms with van der Waals surface area (Å²) in [6, 6.07) is 18.1. The van der Waals surface area contributed by atoms with Gasteiger partial charge in [0.2, 0.25) is 5.88 Å². The van der Waals surface area contributed by atoms with E-state index < -0.39 is 5.56 Å². The lowest BCUT2D eigenvalue weighted by Gasteiger charge is -2.30. The van der Waals surface area contributed by atoms with Crippen LogP contribution in [0.1, 0.15) is 29.5 Å². The predicted octanol–water partition coefficient (Wildman–Crippen LogP) is 3.99. The molecule has 0 bridgehead atoms. The standard InChI is InChI=1S/C24H26N4O2S/c1-17-7-5-6-10-21(17)28-23(30)20(22(29)26-24(28)31)15-25-19-11-13-27(14-12-19)16-18-8-3-2-4-9-18/h2-10,15,19,30H,11-14,16H2,1H3,(H,26,29,31). The van der Waals surface area contributed by atoms with Crippen molar-refractivity contribution in [3.05, 3.63) is 86.4 Å². The van der Waals surface area contributed by atoms with Crippen molar-refractivity contribution in [3.8, 4) is 11.6 Å². The monoisotopic (exact) mass is 434 g/mol. The summed E-state index contributed by atoms with van der Waals surface area (Å²) >= 11 is 5.30. The van der Waals surface area contributed by atoms with Gasteiger partial charge in [0.25, 0.3) is 5.56 Å². The first-order chi connectivity index (χ1) is 15.0. The second-order valence-corrected chi connectivity index (χ2v) is 8.28. The molecule has 0 saturated carbocycles. The Kier molecular flexibility index (Phi) is 6.44. The Bertz CT molecular complexity index is 1190. The average Bonchev–Trinajstić information content (AvgIpc) is 2.76. The highest BCUT2D eigenvalue weighted by atomic mass is 32.1. The summed E-state index contributed by atoms with van der Waals surface area (Å²) in [6.07, 6.45) is 3.33. The zero-order valence-corrected chi connectivity index (χ0v) is 18.3. The minimum atomic E-state index is -0.433. The van der Waals surface area contributed by atoms with Gasteiger partial charge < -0.3 is 5.11 Å². The van der Waals surface area contributed by atoms with Crippen molar-refractivity contribution in [2.75, 3.05) is 13.1 Å². The van der Waals surface area contributed by atoms with Crippen LogP contribution in [0.3, 0.4) is 0 Å². The highest BCUT2D eigenvalue weighted by Crippen LogP contribution is 2.22. The Labute approximate surface area is 186 Å². The van der Waals surface area contributed by atoms with Crippen LogP contribution in [0.5, 0.6) is 5.88 Å². The molecule has 3 aromatic rings. The van der Waals surface area contributed by atoms with Crippen molar-refractivity contribution in [1.82, 2.24) is 14.5 Å². The molecule has 0 aliphatic carbocycles. The summed E-state index contributed by atoms with van der Waals surface area (Å²) in [5, 5.41) is 10.8. The zero-order chi connectivity index (χ0) is 21.8. The van der Waals surface area contributed by atoms with E-state index in [0.29, 0.717) is 0 Å². The number of benzene rings is 2. The zero-order valence-electron chi connectivity index (χ0n) is 17.5. The number of aromatic hydroxyl groups is 1. The third-order valence-electron chi connectivity index (χ3n) is 5.70. The fourth-order valence-corrected chi connectivity index (χ4v) is 4.22. The minimum absolute atomic E-state index is 0.126. The smallest absolute Gasteiger partial charge is 0.264 e. The van der Waals surface area contributed by atoms with Gasteiger partial charge in [0.1, 0.15) is 5.56 Å². The number of nitrogens with one attached hydrogen (secondary N) is 1. The highest BCUT2D eigenvalue weighted by Gasteiger charge is 2.19. The number of likely N-dealkylation sites (tertiary alicyclic amines) is 1. The second kappa shape index (κ2) is 9.41. The molecular formula is C24H26N4O2S. The van der Waals surface area contributed by atoms with Crippen LogP contribution < -0.4 is 5.56 Å². The highest BCUT2D eigenvalue weighted by molar-refractivity contribution is 7.71. The Morgan fingerprint density at radius 1 is 1.13 bits per heavy atom. The SMILES string of the molecule is Cc1ccccc1-n1c(O)c(C=NC2CCN(Cc3ccccc3)CC2)c(=O)[nH]c1=S. The topological polar surface area (TPSA) is 73.6 Å². The number of H-pyrrole nitrogens is 1. The van der Waals surface area contributed by atoms with Crippen LogP contribution in [0.4, 0.5) is 0 Å². The summed E-state index contributed by atoms with van der Waals surface area (Å²) < 4.78 is 1.64. The number of aliphatic imine (C=N–C) groups is 1. The molecule has 0 atom stereocenters. The van der Waals surface area contributed by atoms with E-state index in [1.807, 2.05) is 37.3 Å². The van der Waals surface area contributed by atoms with Gasteiger partial charge >= 0.3 is 0 Å². The van der Waals surface area contributed by atoms with E-state index in [0.717, 1.165) is 43.7 Å². The van der Waals surface area contributed by atoms with Gasteiger partial charge in [-0.2, -0.15) is 0 Å². The molecule has 1 saturated heterocycles. The number of aromatic amines is 1. The summed E-state index contributed by atoms with van der Waals surface area (Å²) in [5.41, 5.74) is 2.67. The third kappa shape index (κ3) is 4.84. The fourth-order valence-electron chi connectivity index (χ4n) is 3.94. The Hall–Kier alpha value is -3.03. The van der Waals surface area contributed by atoms with Crippen molar-refractivity contribution in [3.63, 3.8) is 0 Å². The molecule has 4 rings (SSSR count). The van der Waals surface area contributed by atoms with Gasteiger partial charge in [0, 0.05) is 25.8 Å². The van der Waals surface area contributed by atoms with Crippen LogP contribution in [-0.4, -0.2) is 44.9 Å². The Balaban J connectivity index is 1.50. The van der Waals surface area contributed by atoms with Gasteiger partial charge in [-0.05, 0) is 49.2 Å². The maximum atomic E-state index is 12.5. The van der Waals surface area contributed by atoms with E-state index >= 15 is 0 Å². The number of aryl methyl sites for hydroxylation is 1. The Morgan fingerprint density at radius 2 is 1.81 bits per heavy atom. The van der Waals surface area contributed by atoms with Crippen molar-refractivity contribution in [2.45, 2.75) is 32.4 Å². The molecule has 1 aromatic heterocycles. The average molecular weight is 435 g/mol. The van der Waals surface area contributed by atoms with Crippen molar-refractivity contribution in [1.29, 1.82) is 0 Å². The molecule has 6 nitrogen and oxygen atoms in total. The van der Waals surface area contributed by atoms with Crippen LogP contribution >= 0.6 is 12.2 Å². The molecule has 2 heterocycles. The normalized spacial score (nSPS) is 15.5. The van der Waals surface area contributed by atoms with Gasteiger partial charge in [-0.15, -0.1) is 0 Å². The second-order valence-electron chi connectivity index (χ2n) is 7.89. The molecule has 1 fully saturated rings. The van der Waals surface area contributed by atoms with Crippen molar-refractivity contribution >= 4 is 18.4 Å². The van der Waals surface area contributed by atoms with Crippen LogP contribution in [0.25, 0.3) is 5.69 Å². The molecule has 1 aliphatic rings. The van der Waals surface area contributed by atoms with E-state index in [2.05, 4.69) is 39.1 Å². The number of hydrogen-bond donors (Lipinski definition) is 2. The first-order valence-corrected chi connectivity index (χ1v) is 10.9. The Morgan fingerprint density at radius 3 is 2.52 bits per heavy atom. The molecule has 0 unspecified atom stereocenters. The number of hydrogen-bond acceptors (Lipinski definition) is 5. The fraction of sp³-hybridized carbons (Fsp3) is 0.292. The van der Waals surface area contributed by atoms with Gasteiger partial charge in [-0.25, -0.2) is 0 Å². The number of nitrogens with zero attached hydrogens (tertiary/aromatic N) is 3. The summed E-state index contributed by atoms with van der Waals surface area (Å²) in [4.78, 5) is 22.2. The largest absolute Gasteiger partial charge is 0.494 e. The molecule has 31 heavy (non-hydrogen) atoms. The number of rotatable bonds is 5. The van der Waals surface area contributed by atoms with E-state index in [1.54, 1.807) is 0 Å². The van der Waals surface area contributed by atoms with E-state index in [9.17, 15) is 9.90 Å². The summed E-state index contributed by atoms with van der Waals surface area (Å²) in [6.45, 7) is 4.77. The maximum Gasteiger partial charge on any atom is 0.264 e. The maximum absolute atomic E-state index is 12.5. The molecule has 0 spiro atoms. The molecule has 7 heteroatoms. The van der Waals surface area contributed by atoms with Gasteiger partial charge in [-0.1, -0.05) is 48.5 Å². The lowest BCUT2D eigenvalue weighted by atomic mass is 10.0. The molecule has 1 aliphatic heterocycles. The summed E-state index contributed by atoms with van der Waals surface area (Å²) in [5.74, 6) is -0.187. The third-order valence-corrected chi connectivity index (χ3v) is 5.98. The summed E-state index contributed by atoms with van der Waals surface area (Å²) in [7, 11) is 0. The molecule has 160 valence electrons. The lowest BCUT2D eigenvalue weighted by molar-refractivity contribution is 0.206. The van der Waals surface area contributed by atoms with Gasteiger partial charge in [-0.3, -0.25) is 24.2 Å². The van der Waals surface area contributed by atoms with Gasteiger partial charge in [0.15, 0.2) is 4.77 Å². The predicted molar refractivity (Wildman–Crippen MR) is 126 cm³/mol. The molecule has 0 amide bonds. The van der Waals surface area contributed by atoms with E-state index in [1.165, 1.54) is 16.3 Å². The molecule has 2 N–H and O–H groups in total. The van der Waals surface area contributed by atoms with Crippen LogP contribution in [-0.2, 0) is 6.54 Å². The number of para-hydroxylation sites is 1. The number of piperidine rings is 1.